The molecule has 0 saturated carbocycles. The van der Waals surface area contributed by atoms with Crippen LogP contribution in [0.2, 0.25) is 0 Å². The monoisotopic (exact) mass is 226 g/mol. The van der Waals surface area contributed by atoms with E-state index in [-0.39, 0.29) is 21.2 Å². The van der Waals surface area contributed by atoms with E-state index in [1.165, 1.54) is 12.1 Å². The van der Waals surface area contributed by atoms with Crippen molar-refractivity contribution in [3.05, 3.63) is 22.2 Å². The molecule has 0 aromatic heterocycles. The highest BCUT2D eigenvalue weighted by atomic mass is 79.9. The zero-order valence-electron chi connectivity index (χ0n) is 5.91. The van der Waals surface area contributed by atoms with Crippen molar-refractivity contribution in [3.8, 4) is 5.75 Å². The quantitative estimate of drug-likeness (QED) is 0.692. The maximum atomic E-state index is 10.5. The number of carbonyl (C=O) groups is 1. The number of phenolic OH excluding ortho intramolecular Hbond substituents is 1. The number of hydrogen-bond donors (Lipinski definition) is 2. The summed E-state index contributed by atoms with van der Waals surface area (Å²) in [6.45, 7) is 0. The van der Waals surface area contributed by atoms with Gasteiger partial charge in [0, 0.05) is 0 Å². The maximum absolute atomic E-state index is 10.5. The van der Waals surface area contributed by atoms with Crippen molar-refractivity contribution in [2.45, 2.75) is 0 Å². The molecule has 0 aliphatic carbocycles. The number of halogens is 1. The molecule has 0 spiro atoms. The minimum absolute atomic E-state index is 0.0391. The molecule has 60 valence electrons. The van der Waals surface area contributed by atoms with E-state index in [0.29, 0.717) is 0 Å². The SMILES string of the molecule is [B]c1cc(C(=O)O)cc(Br)c1O. The lowest BCUT2D eigenvalue weighted by Gasteiger charge is -2.03. The van der Waals surface area contributed by atoms with Crippen LogP contribution in [0.4, 0.5) is 0 Å². The largest absolute Gasteiger partial charge is 0.507 e. The molecule has 1 rings (SSSR count). The third-order valence-electron chi connectivity index (χ3n) is 1.34. The first kappa shape index (κ1) is 9.13. The first-order valence-electron chi connectivity index (χ1n) is 3.03. The number of phenols is 1. The fourth-order valence-corrected chi connectivity index (χ4v) is 1.22. The highest BCUT2D eigenvalue weighted by Gasteiger charge is 2.08. The summed E-state index contributed by atoms with van der Waals surface area (Å²) in [5.41, 5.74) is 0.0824. The molecule has 0 atom stereocenters. The number of hydrogen-bond acceptors (Lipinski definition) is 2. The summed E-state index contributed by atoms with van der Waals surface area (Å²) in [4.78, 5) is 10.5. The third kappa shape index (κ3) is 1.61. The van der Waals surface area contributed by atoms with Crippen LogP contribution in [0.3, 0.4) is 0 Å². The van der Waals surface area contributed by atoms with E-state index in [2.05, 4.69) is 15.9 Å². The van der Waals surface area contributed by atoms with Crippen molar-refractivity contribution in [2.75, 3.05) is 0 Å². The average Bonchev–Trinajstić information content (AvgIpc) is 1.99. The molecule has 0 unspecified atom stereocenters. The lowest BCUT2D eigenvalue weighted by molar-refractivity contribution is 0.0697. The van der Waals surface area contributed by atoms with Crippen molar-refractivity contribution >= 4 is 35.2 Å². The maximum Gasteiger partial charge on any atom is 0.335 e. The Hall–Kier alpha value is -0.965. The minimum Gasteiger partial charge on any atom is -0.507 e. The van der Waals surface area contributed by atoms with Crippen molar-refractivity contribution in [2.24, 2.45) is 0 Å². The van der Waals surface area contributed by atoms with Crippen LogP contribution in [-0.2, 0) is 0 Å². The van der Waals surface area contributed by atoms with E-state index in [9.17, 15) is 4.79 Å². The Kier molecular flexibility index (Phi) is 2.42. The number of benzene rings is 1. The average molecular weight is 227 g/mol. The first-order valence-corrected chi connectivity index (χ1v) is 3.83. The summed E-state index contributed by atoms with van der Waals surface area (Å²) in [5, 5.41) is 17.7. The number of carboxylic acids is 1. The lowest BCUT2D eigenvalue weighted by atomic mass is 9.93. The smallest absolute Gasteiger partial charge is 0.335 e. The molecular weight excluding hydrogens is 223 g/mol. The van der Waals surface area contributed by atoms with Gasteiger partial charge in [0.25, 0.3) is 0 Å². The van der Waals surface area contributed by atoms with Crippen molar-refractivity contribution in [1.29, 1.82) is 0 Å². The standard InChI is InChI=1S/C7H4BBrO3/c8-4-1-3(7(11)12)2-5(9)6(4)10/h1-2,10H,(H,11,12). The molecule has 12 heavy (non-hydrogen) atoms. The van der Waals surface area contributed by atoms with Gasteiger partial charge in [-0.1, -0.05) is 11.5 Å². The summed E-state index contributed by atoms with van der Waals surface area (Å²) in [6, 6.07) is 2.48. The molecule has 0 heterocycles. The van der Waals surface area contributed by atoms with E-state index < -0.39 is 5.97 Å². The van der Waals surface area contributed by atoms with Gasteiger partial charge < -0.3 is 10.2 Å². The fourth-order valence-electron chi connectivity index (χ4n) is 0.744. The second-order valence-corrected chi connectivity index (χ2v) is 3.06. The van der Waals surface area contributed by atoms with E-state index >= 15 is 0 Å². The zero-order valence-corrected chi connectivity index (χ0v) is 7.50. The van der Waals surface area contributed by atoms with Gasteiger partial charge in [-0.15, -0.1) is 0 Å². The molecular formula is C7H4BBrO3. The fraction of sp³-hybridized carbons (Fsp3) is 0. The highest BCUT2D eigenvalue weighted by molar-refractivity contribution is 9.10. The van der Waals surface area contributed by atoms with Gasteiger partial charge in [0.1, 0.15) is 13.6 Å². The molecule has 0 saturated heterocycles. The second kappa shape index (κ2) is 3.19. The summed E-state index contributed by atoms with van der Waals surface area (Å²) < 4.78 is 0.278. The first-order chi connectivity index (χ1) is 5.52. The Balaban J connectivity index is 3.31. The topological polar surface area (TPSA) is 57.5 Å². The number of aromatic carboxylic acids is 1. The Labute approximate surface area is 78.6 Å². The van der Waals surface area contributed by atoms with Gasteiger partial charge in [-0.2, -0.15) is 0 Å². The van der Waals surface area contributed by atoms with Gasteiger partial charge in [-0.25, -0.2) is 4.79 Å². The second-order valence-electron chi connectivity index (χ2n) is 2.20. The van der Waals surface area contributed by atoms with Crippen LogP contribution in [0, 0.1) is 0 Å². The molecule has 0 fully saturated rings. The molecule has 3 nitrogen and oxygen atoms in total. The normalized spacial score (nSPS) is 9.75. The molecule has 1 aromatic carbocycles. The molecule has 0 aliphatic rings. The summed E-state index contributed by atoms with van der Waals surface area (Å²) in [7, 11) is 5.32. The van der Waals surface area contributed by atoms with Crippen molar-refractivity contribution < 1.29 is 15.0 Å². The number of carboxylic acid groups (broad SMARTS) is 1. The van der Waals surface area contributed by atoms with Gasteiger partial charge in [-0.3, -0.25) is 0 Å². The van der Waals surface area contributed by atoms with Crippen LogP contribution in [0.5, 0.6) is 5.75 Å². The van der Waals surface area contributed by atoms with Crippen LogP contribution in [0.1, 0.15) is 10.4 Å². The van der Waals surface area contributed by atoms with Gasteiger partial charge >= 0.3 is 5.97 Å². The molecule has 0 aliphatic heterocycles. The van der Waals surface area contributed by atoms with Crippen molar-refractivity contribution in [3.63, 3.8) is 0 Å². The summed E-state index contributed by atoms with van der Waals surface area (Å²) >= 11 is 2.97. The molecule has 1 aromatic rings. The minimum atomic E-state index is -1.08. The van der Waals surface area contributed by atoms with Crippen LogP contribution in [0.15, 0.2) is 16.6 Å². The zero-order chi connectivity index (χ0) is 9.30. The Morgan fingerprint density at radius 3 is 2.50 bits per heavy atom. The van der Waals surface area contributed by atoms with Gasteiger partial charge in [0.05, 0.1) is 10.0 Å². The van der Waals surface area contributed by atoms with Crippen molar-refractivity contribution in [1.82, 2.24) is 0 Å². The van der Waals surface area contributed by atoms with E-state index in [1.54, 1.807) is 0 Å². The van der Waals surface area contributed by atoms with Gasteiger partial charge in [-0.05, 0) is 22.0 Å². The number of aromatic hydroxyl groups is 1. The lowest BCUT2D eigenvalue weighted by Crippen LogP contribution is -2.08. The van der Waals surface area contributed by atoms with E-state index in [1.807, 2.05) is 0 Å². The van der Waals surface area contributed by atoms with Crippen LogP contribution < -0.4 is 5.46 Å². The predicted octanol–water partition coefficient (Wildman–Crippen LogP) is 0.647. The Bertz CT molecular complexity index is 314. The summed E-state index contributed by atoms with van der Waals surface area (Å²) in [5.74, 6) is -1.22. The van der Waals surface area contributed by atoms with Gasteiger partial charge in [0.15, 0.2) is 0 Å². The van der Waals surface area contributed by atoms with Crippen LogP contribution in [-0.4, -0.2) is 24.0 Å². The van der Waals surface area contributed by atoms with Crippen LogP contribution >= 0.6 is 15.9 Å². The van der Waals surface area contributed by atoms with E-state index in [0.717, 1.165) is 0 Å². The van der Waals surface area contributed by atoms with E-state index in [4.69, 9.17) is 18.1 Å². The number of rotatable bonds is 1. The molecule has 5 heteroatoms. The molecule has 0 bridgehead atoms. The molecule has 2 N–H and O–H groups in total. The predicted molar refractivity (Wildman–Crippen MR) is 48.2 cm³/mol. The Morgan fingerprint density at radius 2 is 2.08 bits per heavy atom. The highest BCUT2D eigenvalue weighted by Crippen LogP contribution is 2.21. The Morgan fingerprint density at radius 1 is 1.50 bits per heavy atom. The van der Waals surface area contributed by atoms with Crippen LogP contribution in [0.25, 0.3) is 0 Å². The molecule has 0 amide bonds. The molecule has 2 radical (unpaired) electrons. The summed E-state index contributed by atoms with van der Waals surface area (Å²) in [6.07, 6.45) is 0. The van der Waals surface area contributed by atoms with Gasteiger partial charge in [0.2, 0.25) is 0 Å². The third-order valence-corrected chi connectivity index (χ3v) is 1.94.